The molecular weight excluding hydrogens is 312 g/mol. The summed E-state index contributed by atoms with van der Waals surface area (Å²) < 4.78 is 3.86. The first kappa shape index (κ1) is 15.4. The summed E-state index contributed by atoms with van der Waals surface area (Å²) in [4.78, 5) is 25.9. The van der Waals surface area contributed by atoms with Crippen molar-refractivity contribution in [3.8, 4) is 5.75 Å². The molecule has 118 valence electrons. The van der Waals surface area contributed by atoms with E-state index in [4.69, 9.17) is 4.74 Å². The highest BCUT2D eigenvalue weighted by Gasteiger charge is 2.45. The van der Waals surface area contributed by atoms with E-state index in [1.807, 2.05) is 24.3 Å². The van der Waals surface area contributed by atoms with Crippen LogP contribution in [0, 0.1) is 0 Å². The molecule has 5 nitrogen and oxygen atoms in total. The summed E-state index contributed by atoms with van der Waals surface area (Å²) in [7, 11) is 1.58. The SMILES string of the molecule is COc1ccc(NC(=O)[C@]2(C)Sc3ccccc3NC2=O)cc1. The fraction of sp³-hybridized carbons (Fsp3) is 0.176. The van der Waals surface area contributed by atoms with Crippen molar-refractivity contribution < 1.29 is 14.3 Å². The lowest BCUT2D eigenvalue weighted by atomic mass is 10.1. The average molecular weight is 328 g/mol. The smallest absolute Gasteiger partial charge is 0.250 e. The molecule has 1 aliphatic rings. The maximum absolute atomic E-state index is 12.6. The van der Waals surface area contributed by atoms with Crippen LogP contribution in [0.3, 0.4) is 0 Å². The van der Waals surface area contributed by atoms with E-state index < -0.39 is 4.75 Å². The van der Waals surface area contributed by atoms with Gasteiger partial charge in [-0.05, 0) is 43.3 Å². The Morgan fingerprint density at radius 1 is 1.17 bits per heavy atom. The van der Waals surface area contributed by atoms with Gasteiger partial charge in [0.1, 0.15) is 5.75 Å². The Morgan fingerprint density at radius 2 is 1.87 bits per heavy atom. The molecule has 3 rings (SSSR count). The fourth-order valence-corrected chi connectivity index (χ4v) is 3.34. The van der Waals surface area contributed by atoms with Crippen molar-refractivity contribution in [1.29, 1.82) is 0 Å². The lowest BCUT2D eigenvalue weighted by Crippen LogP contribution is -2.49. The molecule has 2 aromatic rings. The molecule has 1 heterocycles. The summed E-state index contributed by atoms with van der Waals surface area (Å²) in [5, 5.41) is 5.58. The van der Waals surface area contributed by atoms with Gasteiger partial charge in [0.15, 0.2) is 4.75 Å². The van der Waals surface area contributed by atoms with Gasteiger partial charge in [0.2, 0.25) is 11.8 Å². The van der Waals surface area contributed by atoms with Crippen LogP contribution in [-0.4, -0.2) is 23.7 Å². The van der Waals surface area contributed by atoms with Gasteiger partial charge in [-0.15, -0.1) is 0 Å². The second-order valence-corrected chi connectivity index (χ2v) is 6.73. The number of carbonyl (C=O) groups is 2. The number of para-hydroxylation sites is 1. The maximum atomic E-state index is 12.6. The molecular formula is C17H16N2O3S. The largest absolute Gasteiger partial charge is 0.497 e. The van der Waals surface area contributed by atoms with Crippen molar-refractivity contribution >= 4 is 35.0 Å². The van der Waals surface area contributed by atoms with Crippen LogP contribution < -0.4 is 15.4 Å². The third-order valence-corrected chi connectivity index (χ3v) is 5.02. The van der Waals surface area contributed by atoms with Crippen LogP contribution >= 0.6 is 11.8 Å². The Hall–Kier alpha value is -2.47. The zero-order chi connectivity index (χ0) is 16.4. The Kier molecular flexibility index (Phi) is 4.00. The van der Waals surface area contributed by atoms with Gasteiger partial charge in [0.25, 0.3) is 0 Å². The molecule has 0 aliphatic carbocycles. The predicted molar refractivity (Wildman–Crippen MR) is 91.0 cm³/mol. The van der Waals surface area contributed by atoms with Crippen LogP contribution in [0.25, 0.3) is 0 Å². The van der Waals surface area contributed by atoms with Crippen LogP contribution in [0.1, 0.15) is 6.92 Å². The monoisotopic (exact) mass is 328 g/mol. The van der Waals surface area contributed by atoms with Gasteiger partial charge in [-0.1, -0.05) is 23.9 Å². The van der Waals surface area contributed by atoms with Gasteiger partial charge in [-0.3, -0.25) is 9.59 Å². The van der Waals surface area contributed by atoms with E-state index in [2.05, 4.69) is 10.6 Å². The normalized spacial score (nSPS) is 19.5. The number of nitrogens with one attached hydrogen (secondary N) is 2. The summed E-state index contributed by atoms with van der Waals surface area (Å²) in [5.41, 5.74) is 1.35. The summed E-state index contributed by atoms with van der Waals surface area (Å²) in [5.74, 6) is 0.0137. The van der Waals surface area contributed by atoms with Crippen LogP contribution in [0.4, 0.5) is 11.4 Å². The van der Waals surface area contributed by atoms with Crippen molar-refractivity contribution in [1.82, 2.24) is 0 Å². The van der Waals surface area contributed by atoms with E-state index in [0.29, 0.717) is 11.4 Å². The number of hydrogen-bond donors (Lipinski definition) is 2. The second kappa shape index (κ2) is 5.96. The van der Waals surface area contributed by atoms with Crippen molar-refractivity contribution in [3.63, 3.8) is 0 Å². The first-order chi connectivity index (χ1) is 11.0. The Morgan fingerprint density at radius 3 is 2.57 bits per heavy atom. The van der Waals surface area contributed by atoms with Gasteiger partial charge in [0, 0.05) is 10.6 Å². The van der Waals surface area contributed by atoms with E-state index in [1.54, 1.807) is 38.3 Å². The van der Waals surface area contributed by atoms with Crippen LogP contribution in [0.5, 0.6) is 5.75 Å². The standard InChI is InChI=1S/C17H16N2O3S/c1-17(15(20)18-11-7-9-12(22-2)10-8-11)16(21)19-13-5-3-4-6-14(13)23-17/h3-10H,1-2H3,(H,18,20)(H,19,21)/t17-/m0/s1. The minimum Gasteiger partial charge on any atom is -0.497 e. The van der Waals surface area contributed by atoms with Gasteiger partial charge in [-0.25, -0.2) is 0 Å². The lowest BCUT2D eigenvalue weighted by Gasteiger charge is -2.31. The molecule has 23 heavy (non-hydrogen) atoms. The number of fused-ring (bicyclic) bond motifs is 1. The average Bonchev–Trinajstić information content (AvgIpc) is 2.56. The van der Waals surface area contributed by atoms with Crippen LogP contribution in [0.2, 0.25) is 0 Å². The van der Waals surface area contributed by atoms with Gasteiger partial charge >= 0.3 is 0 Å². The molecule has 2 aromatic carbocycles. The third kappa shape index (κ3) is 2.90. The molecule has 0 saturated heterocycles. The molecule has 1 aliphatic heterocycles. The number of rotatable bonds is 3. The molecule has 0 saturated carbocycles. The Balaban J connectivity index is 1.81. The molecule has 0 unspecified atom stereocenters. The molecule has 2 N–H and O–H groups in total. The number of benzene rings is 2. The van der Waals surface area contributed by atoms with Crippen molar-refractivity contribution in [2.45, 2.75) is 16.6 Å². The molecule has 6 heteroatoms. The van der Waals surface area contributed by atoms with Crippen molar-refractivity contribution in [2.24, 2.45) is 0 Å². The highest BCUT2D eigenvalue weighted by molar-refractivity contribution is 8.02. The minimum absolute atomic E-state index is 0.327. The maximum Gasteiger partial charge on any atom is 0.250 e. The summed E-state index contributed by atoms with van der Waals surface area (Å²) >= 11 is 1.25. The summed E-state index contributed by atoms with van der Waals surface area (Å²) in [6.45, 7) is 1.63. The molecule has 1 atom stereocenters. The number of carbonyl (C=O) groups excluding carboxylic acids is 2. The first-order valence-electron chi connectivity index (χ1n) is 7.08. The molecule has 0 spiro atoms. The van der Waals surface area contributed by atoms with Crippen molar-refractivity contribution in [2.75, 3.05) is 17.7 Å². The number of amides is 2. The molecule has 0 radical (unpaired) electrons. The Labute approximate surface area is 138 Å². The summed E-state index contributed by atoms with van der Waals surface area (Å²) in [6, 6.07) is 14.4. The van der Waals surface area contributed by atoms with E-state index in [1.165, 1.54) is 11.8 Å². The number of hydrogen-bond acceptors (Lipinski definition) is 4. The molecule has 0 aromatic heterocycles. The molecule has 0 bridgehead atoms. The molecule has 2 amide bonds. The topological polar surface area (TPSA) is 67.4 Å². The fourth-order valence-electron chi connectivity index (χ4n) is 2.24. The zero-order valence-electron chi connectivity index (χ0n) is 12.8. The van der Waals surface area contributed by atoms with Crippen LogP contribution in [-0.2, 0) is 9.59 Å². The number of methoxy groups -OCH3 is 1. The number of anilines is 2. The Bertz CT molecular complexity index is 761. The quantitative estimate of drug-likeness (QED) is 0.850. The van der Waals surface area contributed by atoms with Gasteiger partial charge in [-0.2, -0.15) is 0 Å². The number of ether oxygens (including phenoxy) is 1. The highest BCUT2D eigenvalue weighted by Crippen LogP contribution is 2.42. The second-order valence-electron chi connectivity index (χ2n) is 5.27. The van der Waals surface area contributed by atoms with E-state index in [-0.39, 0.29) is 11.8 Å². The third-order valence-electron chi connectivity index (χ3n) is 3.66. The molecule has 0 fully saturated rings. The summed E-state index contributed by atoms with van der Waals surface area (Å²) in [6.07, 6.45) is 0. The van der Waals surface area contributed by atoms with Crippen LogP contribution in [0.15, 0.2) is 53.4 Å². The van der Waals surface area contributed by atoms with E-state index in [9.17, 15) is 9.59 Å². The van der Waals surface area contributed by atoms with Gasteiger partial charge < -0.3 is 15.4 Å². The lowest BCUT2D eigenvalue weighted by molar-refractivity contribution is -0.126. The van der Waals surface area contributed by atoms with E-state index in [0.717, 1.165) is 10.6 Å². The first-order valence-corrected chi connectivity index (χ1v) is 7.89. The van der Waals surface area contributed by atoms with Gasteiger partial charge in [0.05, 0.1) is 12.8 Å². The highest BCUT2D eigenvalue weighted by atomic mass is 32.2. The van der Waals surface area contributed by atoms with Crippen molar-refractivity contribution in [3.05, 3.63) is 48.5 Å². The predicted octanol–water partition coefficient (Wildman–Crippen LogP) is 3.14. The minimum atomic E-state index is -1.23. The zero-order valence-corrected chi connectivity index (χ0v) is 13.6. The number of thioether (sulfide) groups is 1. The van der Waals surface area contributed by atoms with E-state index >= 15 is 0 Å².